The largest absolute Gasteiger partial charge is 0.375 e. The van der Waals surface area contributed by atoms with Crippen molar-refractivity contribution in [3.05, 3.63) is 68.6 Å². The van der Waals surface area contributed by atoms with Gasteiger partial charge >= 0.3 is 5.97 Å². The van der Waals surface area contributed by atoms with Crippen LogP contribution >= 0.6 is 0 Å². The van der Waals surface area contributed by atoms with Gasteiger partial charge in [0, 0.05) is 57.2 Å². The Morgan fingerprint density at radius 1 is 1.24 bits per heavy atom. The number of hydroxylamine groups is 2. The van der Waals surface area contributed by atoms with Crippen molar-refractivity contribution in [1.82, 2.24) is 9.96 Å². The second kappa shape index (κ2) is 11.8. The van der Waals surface area contributed by atoms with E-state index in [0.29, 0.717) is 30.1 Å². The fourth-order valence-electron chi connectivity index (χ4n) is 5.18. The topological polar surface area (TPSA) is 168 Å². The van der Waals surface area contributed by atoms with E-state index in [0.717, 1.165) is 22.9 Å². The van der Waals surface area contributed by atoms with Crippen molar-refractivity contribution in [2.45, 2.75) is 64.5 Å². The average Bonchev–Trinajstić information content (AvgIpc) is 3.24. The number of nitro benzene ring substituents is 1. The first kappa shape index (κ1) is 29.3. The van der Waals surface area contributed by atoms with Gasteiger partial charge in [0.2, 0.25) is 0 Å². The third kappa shape index (κ3) is 6.22. The Hall–Kier alpha value is -4.70. The predicted octanol–water partition coefficient (Wildman–Crippen LogP) is 4.53. The summed E-state index contributed by atoms with van der Waals surface area (Å²) in [5.74, 6) is -1.67. The van der Waals surface area contributed by atoms with Gasteiger partial charge in [-0.2, -0.15) is 10.4 Å². The number of hydrogen-bond donors (Lipinski definition) is 0. The maximum atomic E-state index is 12.3. The molecule has 4 rings (SSSR count). The molecular formula is C28H30N6O7. The predicted molar refractivity (Wildman–Crippen MR) is 144 cm³/mol. The molecule has 1 aromatic carbocycles. The molecule has 2 aliphatic heterocycles. The molecule has 2 amide bonds. The smallest absolute Gasteiger partial charge is 0.333 e. The number of azo groups is 1. The number of carbonyl (C=O) groups is 3. The SMILES string of the molecule is COC1CC2=C(C=C1N=Nc1ccc([N+](=O)[O-])cc1C#N)C(C)=CC(C)(C)N2CCCC(=O)ON1C(=O)CCC1=O. The molecule has 3 aliphatic rings. The monoisotopic (exact) mass is 562 g/mol. The standard InChI is InChI=1S/C28H30N6O7/c1-17-15-28(2,3)32(11-5-6-27(37)41-33-25(35)9-10-26(33)36)23-14-24(40-4)22(13-20(17)23)31-30-21-8-7-19(34(38)39)12-18(21)16-29/h7-8,12-13,15,24H,5-6,9-11,14H2,1-4H3. The van der Waals surface area contributed by atoms with Crippen LogP contribution in [0.25, 0.3) is 0 Å². The van der Waals surface area contributed by atoms with E-state index < -0.39 is 28.8 Å². The molecule has 0 spiro atoms. The molecule has 13 heteroatoms. The van der Waals surface area contributed by atoms with Crippen LogP contribution in [0.1, 0.15) is 58.4 Å². The van der Waals surface area contributed by atoms with Crippen molar-refractivity contribution >= 4 is 29.2 Å². The summed E-state index contributed by atoms with van der Waals surface area (Å²) >= 11 is 0. The van der Waals surface area contributed by atoms with E-state index in [1.54, 1.807) is 7.11 Å². The highest BCUT2D eigenvalue weighted by Crippen LogP contribution is 2.41. The number of carbonyl (C=O) groups excluding carboxylic acids is 3. The number of nitriles is 1. The summed E-state index contributed by atoms with van der Waals surface area (Å²) in [5.41, 5.74) is 3.16. The number of ether oxygens (including phenoxy) is 1. The number of nitrogens with zero attached hydrogens (tertiary/aromatic N) is 6. The minimum atomic E-state index is -0.645. The van der Waals surface area contributed by atoms with E-state index in [9.17, 15) is 29.8 Å². The van der Waals surface area contributed by atoms with E-state index in [2.05, 4.69) is 35.1 Å². The second-order valence-corrected chi connectivity index (χ2v) is 10.4. The number of nitro groups is 1. The molecule has 2 heterocycles. The van der Waals surface area contributed by atoms with Crippen LogP contribution in [0.5, 0.6) is 0 Å². The zero-order valence-corrected chi connectivity index (χ0v) is 23.2. The normalized spacial score (nSPS) is 20.1. The van der Waals surface area contributed by atoms with Crippen LogP contribution in [0.3, 0.4) is 0 Å². The maximum Gasteiger partial charge on any atom is 0.333 e. The Bertz CT molecular complexity index is 1450. The number of rotatable bonds is 9. The zero-order valence-electron chi connectivity index (χ0n) is 23.2. The summed E-state index contributed by atoms with van der Waals surface area (Å²) in [6, 6.07) is 5.72. The van der Waals surface area contributed by atoms with Gasteiger partial charge in [0.25, 0.3) is 17.5 Å². The van der Waals surface area contributed by atoms with Crippen molar-refractivity contribution < 1.29 is 28.9 Å². The minimum Gasteiger partial charge on any atom is -0.375 e. The Morgan fingerprint density at radius 3 is 2.59 bits per heavy atom. The lowest BCUT2D eigenvalue weighted by molar-refractivity contribution is -0.384. The van der Waals surface area contributed by atoms with Crippen molar-refractivity contribution in [2.24, 2.45) is 10.2 Å². The molecule has 214 valence electrons. The molecule has 13 nitrogen and oxygen atoms in total. The molecular weight excluding hydrogens is 532 g/mol. The molecule has 41 heavy (non-hydrogen) atoms. The first-order valence-electron chi connectivity index (χ1n) is 13.1. The Kier molecular flexibility index (Phi) is 8.44. The number of amides is 2. The highest BCUT2D eigenvalue weighted by atomic mass is 16.7. The van der Waals surface area contributed by atoms with Gasteiger partial charge in [0.15, 0.2) is 0 Å². The quantitative estimate of drug-likeness (QED) is 0.182. The van der Waals surface area contributed by atoms with E-state index in [-0.39, 0.29) is 41.7 Å². The third-order valence-electron chi connectivity index (χ3n) is 7.16. The highest BCUT2D eigenvalue weighted by Gasteiger charge is 2.37. The van der Waals surface area contributed by atoms with Gasteiger partial charge < -0.3 is 14.5 Å². The van der Waals surface area contributed by atoms with E-state index in [4.69, 9.17) is 9.57 Å². The number of non-ortho nitro benzene ring substituents is 1. The summed E-state index contributed by atoms with van der Waals surface area (Å²) < 4.78 is 5.74. The zero-order chi connectivity index (χ0) is 29.9. The van der Waals surface area contributed by atoms with Crippen LogP contribution in [0.4, 0.5) is 11.4 Å². The number of methoxy groups -OCH3 is 1. The van der Waals surface area contributed by atoms with E-state index >= 15 is 0 Å². The van der Waals surface area contributed by atoms with Crippen molar-refractivity contribution in [2.75, 3.05) is 13.7 Å². The highest BCUT2D eigenvalue weighted by molar-refractivity contribution is 6.01. The molecule has 1 fully saturated rings. The van der Waals surface area contributed by atoms with Gasteiger partial charge in [-0.3, -0.25) is 19.7 Å². The number of imide groups is 1. The van der Waals surface area contributed by atoms with E-state index in [1.807, 2.05) is 19.1 Å². The number of allylic oxidation sites excluding steroid dienone is 3. The van der Waals surface area contributed by atoms with Gasteiger partial charge in [-0.1, -0.05) is 6.08 Å². The first-order chi connectivity index (χ1) is 19.4. The molecule has 0 aromatic heterocycles. The van der Waals surface area contributed by atoms with Gasteiger partial charge in [0.1, 0.15) is 17.9 Å². The Balaban J connectivity index is 1.54. The average molecular weight is 563 g/mol. The molecule has 0 radical (unpaired) electrons. The van der Waals surface area contributed by atoms with Crippen molar-refractivity contribution in [3.63, 3.8) is 0 Å². The van der Waals surface area contributed by atoms with Gasteiger partial charge in [-0.05, 0) is 50.5 Å². The lowest BCUT2D eigenvalue weighted by Gasteiger charge is -2.46. The molecule has 0 bridgehead atoms. The molecule has 1 aliphatic carbocycles. The molecule has 1 aromatic rings. The molecule has 0 saturated carbocycles. The summed E-state index contributed by atoms with van der Waals surface area (Å²) in [5, 5.41) is 29.6. The molecule has 0 N–H and O–H groups in total. The summed E-state index contributed by atoms with van der Waals surface area (Å²) in [6.45, 7) is 6.64. The van der Waals surface area contributed by atoms with Crippen LogP contribution in [0.15, 0.2) is 63.1 Å². The van der Waals surface area contributed by atoms with Crippen molar-refractivity contribution in [1.29, 1.82) is 5.26 Å². The second-order valence-electron chi connectivity index (χ2n) is 10.4. The van der Waals surface area contributed by atoms with Gasteiger partial charge in [-0.15, -0.1) is 10.2 Å². The fraction of sp³-hybridized carbons (Fsp3) is 0.429. The van der Waals surface area contributed by atoms with Crippen LogP contribution in [-0.4, -0.2) is 58.0 Å². The van der Waals surface area contributed by atoms with Gasteiger partial charge in [-0.25, -0.2) is 4.79 Å². The summed E-state index contributed by atoms with van der Waals surface area (Å²) in [7, 11) is 1.56. The lowest BCUT2D eigenvalue weighted by Crippen LogP contribution is -2.46. The van der Waals surface area contributed by atoms with E-state index in [1.165, 1.54) is 12.1 Å². The van der Waals surface area contributed by atoms with Crippen LogP contribution in [0, 0.1) is 21.4 Å². The summed E-state index contributed by atoms with van der Waals surface area (Å²) in [4.78, 5) is 53.5. The molecule has 1 unspecified atom stereocenters. The minimum absolute atomic E-state index is 0.0222. The Labute approximate surface area is 236 Å². The van der Waals surface area contributed by atoms with Gasteiger partial charge in [0.05, 0.1) is 21.7 Å². The number of benzene rings is 1. The lowest BCUT2D eigenvalue weighted by atomic mass is 9.83. The molecule has 1 atom stereocenters. The first-order valence-corrected chi connectivity index (χ1v) is 13.1. The fourth-order valence-corrected chi connectivity index (χ4v) is 5.18. The van der Waals surface area contributed by atoms with Crippen molar-refractivity contribution in [3.8, 4) is 6.07 Å². The third-order valence-corrected chi connectivity index (χ3v) is 7.16. The summed E-state index contributed by atoms with van der Waals surface area (Å²) in [6.07, 6.45) is 4.54. The van der Waals surface area contributed by atoms with Crippen LogP contribution < -0.4 is 0 Å². The maximum absolute atomic E-state index is 12.3. The molecule has 1 saturated heterocycles. The Morgan fingerprint density at radius 2 is 1.95 bits per heavy atom. The number of hydrogen-bond acceptors (Lipinski definition) is 11. The van der Waals surface area contributed by atoms with Crippen LogP contribution in [-0.2, 0) is 24.0 Å². The van der Waals surface area contributed by atoms with Crippen LogP contribution in [0.2, 0.25) is 0 Å².